The minimum absolute atomic E-state index is 0.536. The van der Waals surface area contributed by atoms with Crippen molar-refractivity contribution in [2.24, 2.45) is 0 Å². The van der Waals surface area contributed by atoms with Crippen LogP contribution in [0.3, 0.4) is 0 Å². The first-order valence-electron chi connectivity index (χ1n) is 8.45. The maximum Gasteiger partial charge on any atom is 0.255 e. The van der Waals surface area contributed by atoms with Crippen LogP contribution in [0.15, 0.2) is 78.3 Å². The number of aromatic nitrogens is 1. The Labute approximate surface area is 164 Å². The van der Waals surface area contributed by atoms with Crippen LogP contribution in [0.4, 0.5) is 5.69 Å². The lowest BCUT2D eigenvalue weighted by Gasteiger charge is -2.07. The highest BCUT2D eigenvalue weighted by Crippen LogP contribution is 2.16. The first-order chi connectivity index (χ1) is 13.0. The minimum Gasteiger partial charge on any atom is -0.280 e. The van der Waals surface area contributed by atoms with E-state index in [4.69, 9.17) is 11.6 Å². The minimum atomic E-state index is -3.60. The normalized spacial score (nSPS) is 11.6. The van der Waals surface area contributed by atoms with Crippen molar-refractivity contribution in [2.45, 2.75) is 12.8 Å². The van der Waals surface area contributed by atoms with Crippen LogP contribution >= 0.6 is 11.6 Å². The van der Waals surface area contributed by atoms with E-state index in [-0.39, 0.29) is 0 Å². The van der Waals surface area contributed by atoms with Crippen LogP contribution in [0.25, 0.3) is 6.08 Å². The summed E-state index contributed by atoms with van der Waals surface area (Å²) in [4.78, 5) is 4.31. The van der Waals surface area contributed by atoms with Gasteiger partial charge in [-0.1, -0.05) is 41.9 Å². The highest BCUT2D eigenvalue weighted by atomic mass is 35.5. The third kappa shape index (κ3) is 6.24. The SMILES string of the molecule is O=S(=O)(/C=C/c1ccc(Cl)cc1)Nc1cccc(CCc2ccccn2)c1. The number of nitrogens with zero attached hydrogens (tertiary/aromatic N) is 1. The van der Waals surface area contributed by atoms with Crippen LogP contribution in [-0.2, 0) is 22.9 Å². The van der Waals surface area contributed by atoms with E-state index in [0.29, 0.717) is 10.7 Å². The molecule has 0 saturated carbocycles. The molecule has 138 valence electrons. The van der Waals surface area contributed by atoms with Gasteiger partial charge in [0, 0.05) is 22.6 Å². The second kappa shape index (κ2) is 8.84. The number of benzene rings is 2. The molecule has 1 heterocycles. The number of pyridine rings is 1. The van der Waals surface area contributed by atoms with Crippen molar-refractivity contribution in [1.82, 2.24) is 4.98 Å². The van der Waals surface area contributed by atoms with Gasteiger partial charge in [-0.05, 0) is 66.4 Å². The summed E-state index contributed by atoms with van der Waals surface area (Å²) >= 11 is 5.83. The third-order valence-corrected chi connectivity index (χ3v) is 5.16. The van der Waals surface area contributed by atoms with Gasteiger partial charge in [0.2, 0.25) is 0 Å². The number of anilines is 1. The van der Waals surface area contributed by atoms with E-state index in [2.05, 4.69) is 9.71 Å². The Hall–Kier alpha value is -2.63. The maximum atomic E-state index is 12.3. The Bertz CT molecular complexity index is 1020. The van der Waals surface area contributed by atoms with Gasteiger partial charge < -0.3 is 0 Å². The predicted molar refractivity (Wildman–Crippen MR) is 111 cm³/mol. The van der Waals surface area contributed by atoms with Gasteiger partial charge >= 0.3 is 0 Å². The zero-order chi connectivity index (χ0) is 19.1. The van der Waals surface area contributed by atoms with Crippen LogP contribution in [0.1, 0.15) is 16.8 Å². The van der Waals surface area contributed by atoms with E-state index in [1.165, 1.54) is 6.08 Å². The zero-order valence-electron chi connectivity index (χ0n) is 14.5. The molecule has 1 aromatic heterocycles. The fourth-order valence-electron chi connectivity index (χ4n) is 2.55. The van der Waals surface area contributed by atoms with Crippen LogP contribution in [0.2, 0.25) is 5.02 Å². The van der Waals surface area contributed by atoms with Crippen LogP contribution in [-0.4, -0.2) is 13.4 Å². The lowest BCUT2D eigenvalue weighted by Crippen LogP contribution is -2.09. The molecular weight excluding hydrogens is 380 g/mol. The predicted octanol–water partition coefficient (Wildman–Crippen LogP) is 4.93. The molecule has 1 N–H and O–H groups in total. The van der Waals surface area contributed by atoms with Crippen molar-refractivity contribution in [3.63, 3.8) is 0 Å². The van der Waals surface area contributed by atoms with Crippen molar-refractivity contribution < 1.29 is 8.42 Å². The molecule has 0 saturated heterocycles. The monoisotopic (exact) mass is 398 g/mol. The van der Waals surface area contributed by atoms with Gasteiger partial charge in [0.05, 0.1) is 5.41 Å². The average molecular weight is 399 g/mol. The van der Waals surface area contributed by atoms with Gasteiger partial charge in [-0.25, -0.2) is 8.42 Å². The Kier molecular flexibility index (Phi) is 6.27. The molecule has 0 amide bonds. The van der Waals surface area contributed by atoms with Crippen LogP contribution in [0.5, 0.6) is 0 Å². The van der Waals surface area contributed by atoms with Gasteiger partial charge in [-0.3, -0.25) is 9.71 Å². The molecule has 6 heteroatoms. The number of aryl methyl sites for hydroxylation is 2. The van der Waals surface area contributed by atoms with Crippen molar-refractivity contribution in [1.29, 1.82) is 0 Å². The molecule has 0 unspecified atom stereocenters. The summed E-state index contributed by atoms with van der Waals surface area (Å²) in [5.41, 5.74) is 3.35. The number of sulfonamides is 1. The molecule has 4 nitrogen and oxygen atoms in total. The van der Waals surface area contributed by atoms with Gasteiger partial charge in [0.25, 0.3) is 10.0 Å². The van der Waals surface area contributed by atoms with Gasteiger partial charge in [0.15, 0.2) is 0 Å². The van der Waals surface area contributed by atoms with Crippen molar-refractivity contribution in [3.8, 4) is 0 Å². The largest absolute Gasteiger partial charge is 0.280 e. The summed E-state index contributed by atoms with van der Waals surface area (Å²) in [7, 11) is -3.60. The third-order valence-electron chi connectivity index (χ3n) is 3.89. The Morgan fingerprint density at radius 3 is 2.52 bits per heavy atom. The number of nitrogens with one attached hydrogen (secondary N) is 1. The molecule has 0 aliphatic heterocycles. The number of rotatable bonds is 7. The van der Waals surface area contributed by atoms with Gasteiger partial charge in [-0.15, -0.1) is 0 Å². The van der Waals surface area contributed by atoms with E-state index in [9.17, 15) is 8.42 Å². The molecule has 0 atom stereocenters. The molecule has 0 radical (unpaired) electrons. The maximum absolute atomic E-state index is 12.3. The molecule has 0 spiro atoms. The van der Waals surface area contributed by atoms with Gasteiger partial charge in [0.1, 0.15) is 0 Å². The molecule has 3 rings (SSSR count). The summed E-state index contributed by atoms with van der Waals surface area (Å²) in [6.07, 6.45) is 4.89. The topological polar surface area (TPSA) is 59.1 Å². The highest BCUT2D eigenvalue weighted by Gasteiger charge is 2.06. The van der Waals surface area contributed by atoms with Crippen LogP contribution < -0.4 is 4.72 Å². The summed E-state index contributed by atoms with van der Waals surface area (Å²) in [6, 6.07) is 20.2. The van der Waals surface area contributed by atoms with Crippen molar-refractivity contribution in [2.75, 3.05) is 4.72 Å². The summed E-state index contributed by atoms with van der Waals surface area (Å²) in [5.74, 6) is 0. The molecule has 0 bridgehead atoms. The number of hydrogen-bond acceptors (Lipinski definition) is 3. The fraction of sp³-hybridized carbons (Fsp3) is 0.0952. The summed E-state index contributed by atoms with van der Waals surface area (Å²) in [5, 5.41) is 1.76. The van der Waals surface area contributed by atoms with Crippen molar-refractivity contribution in [3.05, 3.63) is 100 Å². The first-order valence-corrected chi connectivity index (χ1v) is 10.4. The Morgan fingerprint density at radius 2 is 1.78 bits per heavy atom. The quantitative estimate of drug-likeness (QED) is 0.613. The van der Waals surface area contributed by atoms with Gasteiger partial charge in [-0.2, -0.15) is 0 Å². The molecule has 0 aliphatic rings. The highest BCUT2D eigenvalue weighted by molar-refractivity contribution is 7.95. The second-order valence-corrected chi connectivity index (χ2v) is 8.03. The summed E-state index contributed by atoms with van der Waals surface area (Å²) in [6.45, 7) is 0. The fourth-order valence-corrected chi connectivity index (χ4v) is 3.53. The molecule has 27 heavy (non-hydrogen) atoms. The molecule has 3 aromatic rings. The van der Waals surface area contributed by atoms with Crippen molar-refractivity contribution >= 4 is 33.4 Å². The van der Waals surface area contributed by atoms with E-state index < -0.39 is 10.0 Å². The number of hydrogen-bond donors (Lipinski definition) is 1. The Morgan fingerprint density at radius 1 is 0.963 bits per heavy atom. The Balaban J connectivity index is 1.64. The zero-order valence-corrected chi connectivity index (χ0v) is 16.1. The lowest BCUT2D eigenvalue weighted by molar-refractivity contribution is 0.609. The smallest absolute Gasteiger partial charge is 0.255 e. The molecule has 2 aromatic carbocycles. The lowest BCUT2D eigenvalue weighted by atomic mass is 10.1. The molecule has 0 aliphatic carbocycles. The first kappa shape index (κ1) is 19.1. The van der Waals surface area contributed by atoms with E-state index in [1.54, 1.807) is 36.5 Å². The molecule has 0 fully saturated rings. The van der Waals surface area contributed by atoms with Crippen LogP contribution in [0, 0.1) is 0 Å². The average Bonchev–Trinajstić information content (AvgIpc) is 2.67. The standard InChI is InChI=1S/C21H19ClN2O2S/c22-19-10-7-17(8-11-19)13-15-27(25,26)24-21-6-3-4-18(16-21)9-12-20-5-1-2-14-23-20/h1-8,10-11,13-16,24H,9,12H2/b15-13+. The molecular formula is C21H19ClN2O2S. The number of halogens is 1. The van der Waals surface area contributed by atoms with E-state index in [0.717, 1.165) is 35.1 Å². The summed E-state index contributed by atoms with van der Waals surface area (Å²) < 4.78 is 27.2. The second-order valence-electron chi connectivity index (χ2n) is 6.02. The van der Waals surface area contributed by atoms with E-state index >= 15 is 0 Å². The van der Waals surface area contributed by atoms with E-state index in [1.807, 2.05) is 36.4 Å².